The van der Waals surface area contributed by atoms with Gasteiger partial charge >= 0.3 is 0 Å². The average molecular weight is 294 g/mol. The number of rotatable bonds is 2. The van der Waals surface area contributed by atoms with Crippen LogP contribution in [-0.4, -0.2) is 32.4 Å². The Morgan fingerprint density at radius 2 is 2.20 bits per heavy atom. The van der Waals surface area contributed by atoms with Gasteiger partial charge in [0.2, 0.25) is 5.91 Å². The van der Waals surface area contributed by atoms with Gasteiger partial charge in [-0.05, 0) is 37.0 Å². The second-order valence-electron chi connectivity index (χ2n) is 5.45. The molecule has 3 rings (SSSR count). The second-order valence-corrected chi connectivity index (χ2v) is 7.68. The first-order chi connectivity index (χ1) is 9.55. The van der Waals surface area contributed by atoms with Gasteiger partial charge in [0.15, 0.2) is 9.84 Å². The molecule has 1 aromatic rings. The topological polar surface area (TPSA) is 75.3 Å². The summed E-state index contributed by atoms with van der Waals surface area (Å²) >= 11 is 0. The van der Waals surface area contributed by atoms with Gasteiger partial charge in [0.1, 0.15) is 0 Å². The van der Waals surface area contributed by atoms with Crippen LogP contribution in [-0.2, 0) is 21.1 Å². The van der Waals surface area contributed by atoms with Crippen molar-refractivity contribution in [3.8, 4) is 0 Å². The van der Waals surface area contributed by atoms with Crippen molar-refractivity contribution in [3.05, 3.63) is 23.8 Å². The normalized spacial score (nSPS) is 23.7. The molecule has 1 amide bonds. The van der Waals surface area contributed by atoms with Crippen molar-refractivity contribution in [2.75, 3.05) is 28.7 Å². The lowest BCUT2D eigenvalue weighted by molar-refractivity contribution is -0.119. The summed E-state index contributed by atoms with van der Waals surface area (Å²) in [7, 11) is -3.02. The van der Waals surface area contributed by atoms with E-state index in [-0.39, 0.29) is 17.4 Å². The van der Waals surface area contributed by atoms with Gasteiger partial charge in [0.05, 0.1) is 17.4 Å². The van der Waals surface area contributed by atoms with E-state index in [0.717, 1.165) is 36.3 Å². The molecule has 20 heavy (non-hydrogen) atoms. The number of nitrogens with one attached hydrogen (secondary N) is 2. The Kier molecular flexibility index (Phi) is 3.41. The maximum Gasteiger partial charge on any atom is 0.228 e. The third-order valence-corrected chi connectivity index (χ3v) is 5.72. The molecular formula is C14H18N2O3S. The van der Waals surface area contributed by atoms with Crippen LogP contribution in [0.1, 0.15) is 18.4 Å². The number of carbonyl (C=O) groups is 1. The SMILES string of the molecule is O=C(Nc1cccc2c1CCCN2)C1CCS(=O)(=O)C1. The van der Waals surface area contributed by atoms with E-state index in [9.17, 15) is 13.2 Å². The lowest BCUT2D eigenvalue weighted by Gasteiger charge is -2.21. The molecule has 1 aromatic carbocycles. The molecule has 0 bridgehead atoms. The molecule has 2 heterocycles. The van der Waals surface area contributed by atoms with Crippen molar-refractivity contribution in [3.63, 3.8) is 0 Å². The van der Waals surface area contributed by atoms with Gasteiger partial charge in [-0.3, -0.25) is 4.79 Å². The molecule has 0 saturated carbocycles. The Morgan fingerprint density at radius 3 is 2.95 bits per heavy atom. The van der Waals surface area contributed by atoms with Gasteiger partial charge in [-0.25, -0.2) is 8.42 Å². The molecule has 2 aliphatic rings. The Hall–Kier alpha value is -1.56. The third kappa shape index (κ3) is 2.65. The quantitative estimate of drug-likeness (QED) is 0.865. The molecule has 6 heteroatoms. The van der Waals surface area contributed by atoms with Crippen molar-refractivity contribution in [2.24, 2.45) is 5.92 Å². The van der Waals surface area contributed by atoms with Gasteiger partial charge in [-0.15, -0.1) is 0 Å². The minimum Gasteiger partial charge on any atom is -0.385 e. The maximum absolute atomic E-state index is 12.2. The molecule has 5 nitrogen and oxygen atoms in total. The average Bonchev–Trinajstić information content (AvgIpc) is 2.80. The summed E-state index contributed by atoms with van der Waals surface area (Å²) in [4.78, 5) is 12.2. The highest BCUT2D eigenvalue weighted by atomic mass is 32.2. The Labute approximate surface area is 118 Å². The number of fused-ring (bicyclic) bond motifs is 1. The molecule has 0 aromatic heterocycles. The summed E-state index contributed by atoms with van der Waals surface area (Å²) in [6, 6.07) is 5.79. The zero-order chi connectivity index (χ0) is 14.2. The van der Waals surface area contributed by atoms with Crippen molar-refractivity contribution >= 4 is 27.1 Å². The zero-order valence-electron chi connectivity index (χ0n) is 11.2. The van der Waals surface area contributed by atoms with Crippen molar-refractivity contribution in [2.45, 2.75) is 19.3 Å². The monoisotopic (exact) mass is 294 g/mol. The van der Waals surface area contributed by atoms with Crippen LogP contribution in [0.25, 0.3) is 0 Å². The summed E-state index contributed by atoms with van der Waals surface area (Å²) in [6.07, 6.45) is 2.40. The molecule has 1 unspecified atom stereocenters. The van der Waals surface area contributed by atoms with Gasteiger partial charge in [0, 0.05) is 17.9 Å². The molecule has 1 fully saturated rings. The zero-order valence-corrected chi connectivity index (χ0v) is 12.0. The Bertz CT molecular complexity index is 640. The van der Waals surface area contributed by atoms with Crippen LogP contribution in [0.2, 0.25) is 0 Å². The van der Waals surface area contributed by atoms with Crippen molar-refractivity contribution < 1.29 is 13.2 Å². The van der Waals surface area contributed by atoms with E-state index in [1.165, 1.54) is 0 Å². The van der Waals surface area contributed by atoms with Crippen molar-refractivity contribution in [1.82, 2.24) is 0 Å². The fourth-order valence-electron chi connectivity index (χ4n) is 2.86. The summed E-state index contributed by atoms with van der Waals surface area (Å²) in [6.45, 7) is 0.950. The fraction of sp³-hybridized carbons (Fsp3) is 0.500. The van der Waals surface area contributed by atoms with Crippen LogP contribution in [0.3, 0.4) is 0 Å². The largest absolute Gasteiger partial charge is 0.385 e. The maximum atomic E-state index is 12.2. The van der Waals surface area contributed by atoms with E-state index in [1.54, 1.807) is 0 Å². The molecule has 1 atom stereocenters. The van der Waals surface area contributed by atoms with Crippen molar-refractivity contribution in [1.29, 1.82) is 0 Å². The predicted octanol–water partition coefficient (Wildman–Crippen LogP) is 1.42. The number of hydrogen-bond acceptors (Lipinski definition) is 4. The summed E-state index contributed by atoms with van der Waals surface area (Å²) in [5.74, 6) is -0.483. The molecular weight excluding hydrogens is 276 g/mol. The standard InChI is InChI=1S/C14H18N2O3S/c17-14(10-6-8-20(18,19)9-10)16-13-5-1-4-12-11(13)3-2-7-15-12/h1,4-5,10,15H,2-3,6-9H2,(H,16,17). The smallest absolute Gasteiger partial charge is 0.228 e. The number of benzene rings is 1. The van der Waals surface area contributed by atoms with Crippen LogP contribution >= 0.6 is 0 Å². The first kappa shape index (κ1) is 13.4. The van der Waals surface area contributed by atoms with E-state index >= 15 is 0 Å². The molecule has 1 saturated heterocycles. The molecule has 108 valence electrons. The lowest BCUT2D eigenvalue weighted by atomic mass is 10.0. The Balaban J connectivity index is 1.77. The molecule has 2 N–H and O–H groups in total. The predicted molar refractivity (Wildman–Crippen MR) is 78.6 cm³/mol. The van der Waals surface area contributed by atoms with E-state index in [4.69, 9.17) is 0 Å². The molecule has 0 spiro atoms. The third-order valence-electron chi connectivity index (χ3n) is 3.96. The fourth-order valence-corrected chi connectivity index (χ4v) is 4.61. The molecule has 0 radical (unpaired) electrons. The highest BCUT2D eigenvalue weighted by molar-refractivity contribution is 7.91. The van der Waals surface area contributed by atoms with Gasteiger partial charge < -0.3 is 10.6 Å². The van der Waals surface area contributed by atoms with Gasteiger partial charge in [0.25, 0.3) is 0 Å². The van der Waals surface area contributed by atoms with Crippen LogP contribution < -0.4 is 10.6 Å². The number of sulfone groups is 1. The van der Waals surface area contributed by atoms with Gasteiger partial charge in [-0.2, -0.15) is 0 Å². The number of carbonyl (C=O) groups excluding carboxylic acids is 1. The first-order valence-electron chi connectivity index (χ1n) is 6.92. The summed E-state index contributed by atoms with van der Waals surface area (Å²) in [5.41, 5.74) is 2.99. The highest BCUT2D eigenvalue weighted by Crippen LogP contribution is 2.30. The summed E-state index contributed by atoms with van der Waals surface area (Å²) in [5, 5.41) is 6.22. The van der Waals surface area contributed by atoms with Crippen LogP contribution in [0.4, 0.5) is 11.4 Å². The van der Waals surface area contributed by atoms with Crippen LogP contribution in [0, 0.1) is 5.92 Å². The highest BCUT2D eigenvalue weighted by Gasteiger charge is 2.33. The number of anilines is 2. The minimum atomic E-state index is -3.02. The van der Waals surface area contributed by atoms with E-state index in [0.29, 0.717) is 6.42 Å². The van der Waals surface area contributed by atoms with E-state index < -0.39 is 15.8 Å². The lowest BCUT2D eigenvalue weighted by Crippen LogP contribution is -2.25. The van der Waals surface area contributed by atoms with E-state index in [1.807, 2.05) is 18.2 Å². The summed E-state index contributed by atoms with van der Waals surface area (Å²) < 4.78 is 22.9. The van der Waals surface area contributed by atoms with Crippen LogP contribution in [0.15, 0.2) is 18.2 Å². The second kappa shape index (κ2) is 5.09. The molecule has 0 aliphatic carbocycles. The number of amides is 1. The minimum absolute atomic E-state index is 0.0217. The van der Waals surface area contributed by atoms with E-state index in [2.05, 4.69) is 10.6 Å². The number of hydrogen-bond donors (Lipinski definition) is 2. The first-order valence-corrected chi connectivity index (χ1v) is 8.74. The molecule has 2 aliphatic heterocycles. The van der Waals surface area contributed by atoms with Gasteiger partial charge in [-0.1, -0.05) is 6.07 Å². The van der Waals surface area contributed by atoms with Crippen LogP contribution in [0.5, 0.6) is 0 Å². The Morgan fingerprint density at radius 1 is 1.35 bits per heavy atom.